The molecule has 0 spiro atoms. The van der Waals surface area contributed by atoms with E-state index in [0.717, 1.165) is 22.5 Å². The van der Waals surface area contributed by atoms with E-state index in [-0.39, 0.29) is 6.03 Å². The number of aliphatic imine (C=N–C) groups is 1. The van der Waals surface area contributed by atoms with Crippen molar-refractivity contribution in [3.05, 3.63) is 0 Å². The van der Waals surface area contributed by atoms with Crippen molar-refractivity contribution in [2.24, 2.45) is 4.99 Å². The lowest BCUT2D eigenvalue weighted by Gasteiger charge is -2.15. The van der Waals surface area contributed by atoms with Gasteiger partial charge < -0.3 is 5.32 Å². The Morgan fingerprint density at radius 1 is 1.67 bits per heavy atom. The fraction of sp³-hybridized carbons (Fsp3) is 0.600. The SMILES string of the molecule is O=C(NC1=NCCCN1)N(Br)Br. The Kier molecular flexibility index (Phi) is 3.80. The van der Waals surface area contributed by atoms with Crippen LogP contribution in [-0.2, 0) is 0 Å². The third-order valence-corrected chi connectivity index (χ3v) is 1.92. The van der Waals surface area contributed by atoms with Gasteiger partial charge in [-0.05, 0) is 6.42 Å². The van der Waals surface area contributed by atoms with E-state index in [1.54, 1.807) is 0 Å². The number of hydrogen-bond donors (Lipinski definition) is 2. The molecular formula is C5H8Br2N4O. The van der Waals surface area contributed by atoms with Gasteiger partial charge in [0.2, 0.25) is 0 Å². The third kappa shape index (κ3) is 2.98. The van der Waals surface area contributed by atoms with Crippen molar-refractivity contribution in [1.29, 1.82) is 0 Å². The minimum Gasteiger partial charge on any atom is -0.356 e. The molecular weight excluding hydrogens is 292 g/mol. The normalized spacial score (nSPS) is 16.0. The summed E-state index contributed by atoms with van der Waals surface area (Å²) in [4.78, 5) is 15.1. The van der Waals surface area contributed by atoms with Gasteiger partial charge in [-0.3, -0.25) is 10.3 Å². The van der Waals surface area contributed by atoms with E-state index in [1.807, 2.05) is 0 Å². The Hall–Kier alpha value is -0.300. The van der Waals surface area contributed by atoms with Crippen LogP contribution in [0.25, 0.3) is 0 Å². The summed E-state index contributed by atoms with van der Waals surface area (Å²) >= 11 is 5.84. The number of hydrogen-bond acceptors (Lipinski definition) is 3. The number of carbonyl (C=O) groups excluding carboxylic acids is 1. The van der Waals surface area contributed by atoms with E-state index in [9.17, 15) is 4.79 Å². The van der Waals surface area contributed by atoms with Gasteiger partial charge in [-0.1, -0.05) is 0 Å². The van der Waals surface area contributed by atoms with Crippen molar-refractivity contribution in [2.45, 2.75) is 6.42 Å². The molecule has 0 unspecified atom stereocenters. The number of halogens is 2. The molecule has 0 atom stereocenters. The Morgan fingerprint density at radius 3 is 2.92 bits per heavy atom. The summed E-state index contributed by atoms with van der Waals surface area (Å²) in [6, 6.07) is -0.317. The number of nitrogens with zero attached hydrogens (tertiary/aromatic N) is 2. The zero-order valence-electron chi connectivity index (χ0n) is 6.18. The highest BCUT2D eigenvalue weighted by atomic mass is 79.9. The molecule has 2 N–H and O–H groups in total. The van der Waals surface area contributed by atoms with E-state index in [0.29, 0.717) is 5.96 Å². The lowest BCUT2D eigenvalue weighted by molar-refractivity contribution is 0.244. The van der Waals surface area contributed by atoms with Crippen LogP contribution in [0.15, 0.2) is 4.99 Å². The standard InChI is InChI=1S/C5H8Br2N4O/c6-11(7)5(12)10-4-8-2-1-3-9-4/h1-3H2,(H2,8,9,10,12). The second kappa shape index (κ2) is 4.66. The van der Waals surface area contributed by atoms with Gasteiger partial charge in [0, 0.05) is 13.1 Å². The van der Waals surface area contributed by atoms with Gasteiger partial charge >= 0.3 is 6.03 Å². The predicted molar refractivity (Wildman–Crippen MR) is 53.1 cm³/mol. The lowest BCUT2D eigenvalue weighted by Crippen LogP contribution is -2.45. The van der Waals surface area contributed by atoms with Crippen molar-refractivity contribution in [3.8, 4) is 0 Å². The van der Waals surface area contributed by atoms with Gasteiger partial charge in [-0.25, -0.2) is 4.79 Å². The van der Waals surface area contributed by atoms with Gasteiger partial charge in [0.25, 0.3) is 0 Å². The Balaban J connectivity index is 2.39. The first-order valence-corrected chi connectivity index (χ1v) is 4.83. The summed E-state index contributed by atoms with van der Waals surface area (Å²) in [6.45, 7) is 1.61. The minimum atomic E-state index is -0.317. The van der Waals surface area contributed by atoms with Crippen molar-refractivity contribution < 1.29 is 4.79 Å². The van der Waals surface area contributed by atoms with Crippen LogP contribution >= 0.6 is 32.3 Å². The Morgan fingerprint density at radius 2 is 2.42 bits per heavy atom. The molecule has 0 aromatic carbocycles. The number of urea groups is 1. The zero-order valence-corrected chi connectivity index (χ0v) is 9.35. The van der Waals surface area contributed by atoms with Crippen LogP contribution in [0.1, 0.15) is 6.42 Å². The van der Waals surface area contributed by atoms with E-state index in [1.165, 1.54) is 0 Å². The molecule has 0 radical (unpaired) electrons. The zero-order chi connectivity index (χ0) is 8.97. The van der Waals surface area contributed by atoms with Gasteiger partial charge in [0.15, 0.2) is 5.96 Å². The summed E-state index contributed by atoms with van der Waals surface area (Å²) in [5.41, 5.74) is 0. The number of nitrogens with one attached hydrogen (secondary N) is 2. The van der Waals surface area contributed by atoms with E-state index >= 15 is 0 Å². The molecule has 0 bridgehead atoms. The van der Waals surface area contributed by atoms with Crippen molar-refractivity contribution in [1.82, 2.24) is 13.6 Å². The molecule has 0 fully saturated rings. The average Bonchev–Trinajstić information content (AvgIpc) is 2.06. The van der Waals surface area contributed by atoms with Gasteiger partial charge in [-0.15, -0.1) is 0 Å². The molecule has 5 nitrogen and oxygen atoms in total. The number of guanidine groups is 1. The molecule has 0 aliphatic carbocycles. The van der Waals surface area contributed by atoms with Gasteiger partial charge in [-0.2, -0.15) is 2.95 Å². The molecule has 7 heteroatoms. The molecule has 0 saturated carbocycles. The summed E-state index contributed by atoms with van der Waals surface area (Å²) in [7, 11) is 0. The summed E-state index contributed by atoms with van der Waals surface area (Å²) in [5.74, 6) is 0.523. The third-order valence-electron chi connectivity index (χ3n) is 1.28. The molecule has 2 amide bonds. The van der Waals surface area contributed by atoms with Crippen LogP contribution in [0.5, 0.6) is 0 Å². The highest BCUT2D eigenvalue weighted by Gasteiger charge is 2.11. The van der Waals surface area contributed by atoms with Crippen molar-refractivity contribution >= 4 is 44.3 Å². The lowest BCUT2D eigenvalue weighted by atomic mass is 10.4. The maximum Gasteiger partial charge on any atom is 0.344 e. The van der Waals surface area contributed by atoms with Crippen LogP contribution in [0.3, 0.4) is 0 Å². The van der Waals surface area contributed by atoms with Crippen LogP contribution in [-0.4, -0.2) is 28.0 Å². The monoisotopic (exact) mass is 298 g/mol. The maximum atomic E-state index is 11.0. The van der Waals surface area contributed by atoms with E-state index in [4.69, 9.17) is 0 Å². The first kappa shape index (κ1) is 9.79. The highest BCUT2D eigenvalue weighted by Crippen LogP contribution is 2.04. The predicted octanol–water partition coefficient (Wildman–Crippen LogP) is 0.967. The van der Waals surface area contributed by atoms with Crippen molar-refractivity contribution in [3.63, 3.8) is 0 Å². The second-order valence-corrected chi connectivity index (χ2v) is 4.54. The van der Waals surface area contributed by atoms with Crippen LogP contribution < -0.4 is 10.6 Å². The Labute approximate surface area is 87.3 Å². The van der Waals surface area contributed by atoms with E-state index in [2.05, 4.69) is 47.9 Å². The molecule has 12 heavy (non-hydrogen) atoms. The van der Waals surface area contributed by atoms with Crippen molar-refractivity contribution in [2.75, 3.05) is 13.1 Å². The Bertz CT molecular complexity index is 206. The summed E-state index contributed by atoms with van der Waals surface area (Å²) < 4.78 is 1.10. The summed E-state index contributed by atoms with van der Waals surface area (Å²) in [6.07, 6.45) is 1.01. The fourth-order valence-corrected chi connectivity index (χ4v) is 0.937. The number of rotatable bonds is 0. The average molecular weight is 300 g/mol. The first-order valence-electron chi connectivity index (χ1n) is 3.41. The largest absolute Gasteiger partial charge is 0.356 e. The number of amides is 2. The smallest absolute Gasteiger partial charge is 0.344 e. The molecule has 0 saturated heterocycles. The molecule has 1 aliphatic rings. The van der Waals surface area contributed by atoms with Crippen LogP contribution in [0, 0.1) is 0 Å². The molecule has 1 rings (SSSR count). The van der Waals surface area contributed by atoms with Gasteiger partial charge in [0.1, 0.15) is 0 Å². The molecule has 0 aromatic heterocycles. The quantitative estimate of drug-likeness (QED) is 0.655. The molecule has 1 aliphatic heterocycles. The van der Waals surface area contributed by atoms with E-state index < -0.39 is 0 Å². The van der Waals surface area contributed by atoms with Crippen LogP contribution in [0.2, 0.25) is 0 Å². The van der Waals surface area contributed by atoms with Gasteiger partial charge in [0.05, 0.1) is 32.3 Å². The maximum absolute atomic E-state index is 11.0. The first-order chi connectivity index (χ1) is 5.70. The molecule has 1 heterocycles. The van der Waals surface area contributed by atoms with Crippen LogP contribution in [0.4, 0.5) is 4.79 Å². The topological polar surface area (TPSA) is 56.7 Å². The number of carbonyl (C=O) groups is 1. The summed E-state index contributed by atoms with van der Waals surface area (Å²) in [5, 5.41) is 5.50. The molecule has 68 valence electrons. The highest BCUT2D eigenvalue weighted by molar-refractivity contribution is 9.21. The minimum absolute atomic E-state index is 0.317. The fourth-order valence-electron chi connectivity index (χ4n) is 0.760. The molecule has 0 aromatic rings. The second-order valence-electron chi connectivity index (χ2n) is 2.17.